The summed E-state index contributed by atoms with van der Waals surface area (Å²) in [5, 5.41) is 9.39. The molecule has 2 aliphatic heterocycles. The maximum absolute atomic E-state index is 12.1. The predicted octanol–water partition coefficient (Wildman–Crippen LogP) is -0.267. The van der Waals surface area contributed by atoms with E-state index in [2.05, 4.69) is 0 Å². The van der Waals surface area contributed by atoms with E-state index < -0.39 is 18.1 Å². The summed E-state index contributed by atoms with van der Waals surface area (Å²) in [7, 11) is 4.94. The molecule has 8 heteroatoms. The molecule has 2 saturated heterocycles. The van der Waals surface area contributed by atoms with Gasteiger partial charge < -0.3 is 19.8 Å². The van der Waals surface area contributed by atoms with Gasteiger partial charge in [-0.25, -0.2) is 9.59 Å². The minimum absolute atomic E-state index is 0. The fraction of sp³-hybridized carbons (Fsp3) is 0.800. The zero-order chi connectivity index (χ0) is 13.2. The van der Waals surface area contributed by atoms with Crippen LogP contribution in [0.3, 0.4) is 0 Å². The zero-order valence-electron chi connectivity index (χ0n) is 11.1. The molecular weight excluding hydrogens is 446 g/mol. The van der Waals surface area contributed by atoms with Crippen molar-refractivity contribution in [1.82, 2.24) is 19.6 Å². The van der Waals surface area contributed by atoms with Crippen molar-refractivity contribution in [1.29, 1.82) is 0 Å². The fourth-order valence-corrected chi connectivity index (χ4v) is 2.96. The Kier molecular flexibility index (Phi) is 4.51. The normalized spacial score (nSPS) is 35.2. The van der Waals surface area contributed by atoms with Gasteiger partial charge in [0, 0.05) is 93.0 Å². The summed E-state index contributed by atoms with van der Waals surface area (Å²) in [5.41, 5.74) is -1.67. The number of carbonyl (C=O) groups excluding carboxylic acids is 2. The first-order valence-electron chi connectivity index (χ1n) is 5.42. The maximum atomic E-state index is 12.1. The second-order valence-corrected chi connectivity index (χ2v) is 4.85. The molecule has 2 unspecified atom stereocenters. The van der Waals surface area contributed by atoms with Gasteiger partial charge in [-0.1, -0.05) is 0 Å². The molecule has 0 aromatic rings. The van der Waals surface area contributed by atoms with Crippen molar-refractivity contribution < 1.29 is 86.6 Å². The first kappa shape index (κ1) is 16.7. The molecule has 0 radical (unpaired) electrons. The van der Waals surface area contributed by atoms with Crippen LogP contribution in [-0.2, 0) is 0 Å². The molecule has 2 rings (SSSR count). The van der Waals surface area contributed by atoms with Crippen LogP contribution in [0, 0.1) is 71.9 Å². The van der Waals surface area contributed by atoms with E-state index in [0.717, 1.165) is 0 Å². The van der Waals surface area contributed by atoms with Gasteiger partial charge in [0.1, 0.15) is 6.73 Å². The first-order valence-corrected chi connectivity index (χ1v) is 5.42. The molecule has 1 N–H and O–H groups in total. The third-order valence-corrected chi connectivity index (χ3v) is 4.62. The van der Waals surface area contributed by atoms with Crippen LogP contribution >= 0.6 is 0 Å². The average molecular weight is 464 g/mol. The van der Waals surface area contributed by atoms with E-state index in [1.165, 1.54) is 19.6 Å². The van der Waals surface area contributed by atoms with E-state index in [0.29, 0.717) is 0 Å². The van der Waals surface area contributed by atoms with Crippen molar-refractivity contribution >= 4 is 12.1 Å². The topological polar surface area (TPSA) is 67.3 Å². The van der Waals surface area contributed by atoms with Crippen molar-refractivity contribution in [2.24, 2.45) is 0 Å². The van der Waals surface area contributed by atoms with E-state index >= 15 is 0 Å². The van der Waals surface area contributed by atoms with Crippen LogP contribution in [-0.4, -0.2) is 76.0 Å². The summed E-state index contributed by atoms with van der Waals surface area (Å²) in [4.78, 5) is 29.9. The number of hydrogen-bond donors (Lipinski definition) is 1. The van der Waals surface area contributed by atoms with E-state index in [9.17, 15) is 14.7 Å². The molecule has 0 saturated carbocycles. The van der Waals surface area contributed by atoms with Crippen LogP contribution in [0.15, 0.2) is 0 Å². The Hall–Kier alpha value is 0.617. The Morgan fingerprint density at radius 3 is 1.78 bits per heavy atom. The molecule has 0 bridgehead atoms. The zero-order valence-corrected chi connectivity index (χ0v) is 13.9. The monoisotopic (exact) mass is 464 g/mol. The van der Waals surface area contributed by atoms with Gasteiger partial charge in [0.15, 0.2) is 11.3 Å². The van der Waals surface area contributed by atoms with Crippen molar-refractivity contribution in [3.05, 3.63) is 0 Å². The summed E-state index contributed by atoms with van der Waals surface area (Å²) >= 11 is 0. The van der Waals surface area contributed by atoms with Crippen molar-refractivity contribution in [2.45, 2.75) is 25.2 Å². The maximum Gasteiger partial charge on any atom is 0.325 e. The molecule has 0 aliphatic carbocycles. The average Bonchev–Trinajstić information content (AvgIpc) is 2.54. The van der Waals surface area contributed by atoms with Crippen molar-refractivity contribution in [2.75, 3.05) is 27.9 Å². The van der Waals surface area contributed by atoms with Crippen LogP contribution in [0.25, 0.3) is 0 Å². The van der Waals surface area contributed by atoms with Crippen LogP contribution in [0.4, 0.5) is 9.59 Å². The van der Waals surface area contributed by atoms with E-state index in [-0.39, 0.29) is 83.9 Å². The van der Waals surface area contributed by atoms with Crippen molar-refractivity contribution in [3.63, 3.8) is 0 Å². The third-order valence-electron chi connectivity index (χ3n) is 4.62. The number of urea groups is 2. The van der Waals surface area contributed by atoms with Crippen LogP contribution in [0.5, 0.6) is 0 Å². The van der Waals surface area contributed by atoms with Gasteiger partial charge in [0.2, 0.25) is 0 Å². The van der Waals surface area contributed by atoms with Crippen LogP contribution in [0.2, 0.25) is 0 Å². The number of carbonyl (C=O) groups is 2. The Bertz CT molecular complexity index is 407. The number of amides is 4. The summed E-state index contributed by atoms with van der Waals surface area (Å²) in [6.45, 7) is 3.19. The summed E-state index contributed by atoms with van der Waals surface area (Å²) in [5.74, 6) is 0. The Morgan fingerprint density at radius 2 is 1.33 bits per heavy atom. The first-order chi connectivity index (χ1) is 7.74. The molecule has 2 heterocycles. The van der Waals surface area contributed by atoms with Gasteiger partial charge in [-0.05, 0) is 13.8 Å². The molecule has 18 heavy (non-hydrogen) atoms. The van der Waals surface area contributed by atoms with E-state index in [4.69, 9.17) is 0 Å². The molecule has 2 fully saturated rings. The number of rotatable bonds is 1. The van der Waals surface area contributed by atoms with Gasteiger partial charge in [-0.15, -0.1) is 0 Å². The van der Waals surface area contributed by atoms with Crippen LogP contribution < -0.4 is 0 Å². The van der Waals surface area contributed by atoms with Gasteiger partial charge in [0.05, 0.1) is 0 Å². The second-order valence-electron chi connectivity index (χ2n) is 4.85. The summed E-state index contributed by atoms with van der Waals surface area (Å²) in [6.07, 6.45) is 0. The van der Waals surface area contributed by atoms with Crippen LogP contribution in [0.1, 0.15) is 13.8 Å². The minimum Gasteiger partial charge on any atom is -0.376 e. The number of likely N-dealkylation sites (N-methyl/N-ethyl adjacent to an activating group) is 3. The van der Waals surface area contributed by atoms with Crippen molar-refractivity contribution in [3.8, 4) is 0 Å². The summed E-state index contributed by atoms with van der Waals surface area (Å²) < 4.78 is 0. The molecule has 104 valence electrons. The Morgan fingerprint density at radius 1 is 0.944 bits per heavy atom. The number of fused-ring (bicyclic) bond motifs is 1. The predicted molar refractivity (Wildman–Crippen MR) is 59.8 cm³/mol. The standard InChI is InChI=1S/C10H18N4O3.Rn/c1-9-10(2,12(4)7(16)11(9)3)14(6-15)8(17)13(9)5;/h15H,6H2,1-5H3;. The largest absolute Gasteiger partial charge is 0.376 e. The van der Waals surface area contributed by atoms with Gasteiger partial charge in [-0.3, -0.25) is 4.90 Å². The summed E-state index contributed by atoms with van der Waals surface area (Å²) in [6, 6.07) is -0.462. The molecular formula is C10H18N4O3Rn. The van der Waals surface area contributed by atoms with E-state index in [1.54, 1.807) is 28.1 Å². The Labute approximate surface area is 168 Å². The fourth-order valence-electron chi connectivity index (χ4n) is 2.96. The molecule has 2 aliphatic rings. The number of aliphatic hydroxyl groups excluding tert-OH is 1. The molecule has 0 spiro atoms. The molecule has 2 atom stereocenters. The quantitative estimate of drug-likeness (QED) is 0.582. The Balaban J connectivity index is 0.00000162. The van der Waals surface area contributed by atoms with Gasteiger partial charge in [-0.2, -0.15) is 0 Å². The molecule has 0 aromatic carbocycles. The number of nitrogens with zero attached hydrogens (tertiary/aromatic N) is 4. The smallest absolute Gasteiger partial charge is 0.325 e. The van der Waals surface area contributed by atoms with Gasteiger partial charge >= 0.3 is 12.1 Å². The van der Waals surface area contributed by atoms with Gasteiger partial charge in [0.25, 0.3) is 0 Å². The number of hydrogen-bond acceptors (Lipinski definition) is 3. The number of aliphatic hydroxyl groups is 1. The molecule has 4 amide bonds. The van der Waals surface area contributed by atoms with E-state index in [1.807, 2.05) is 6.92 Å². The SMILES string of the molecule is CN1C(=O)N(C)C2(C)N(CO)C(=O)N(C)C12C.[Rn]. The second kappa shape index (κ2) is 4.87. The third kappa shape index (κ3) is 1.52. The molecule has 0 aromatic heterocycles. The minimum atomic E-state index is -0.876. The molecule has 7 nitrogen and oxygen atoms in total.